The van der Waals surface area contributed by atoms with Gasteiger partial charge in [0.25, 0.3) is 5.91 Å². The zero-order valence-corrected chi connectivity index (χ0v) is 23.3. The summed E-state index contributed by atoms with van der Waals surface area (Å²) in [5, 5.41) is 7.55. The number of halogens is 4. The van der Waals surface area contributed by atoms with Crippen molar-refractivity contribution in [2.24, 2.45) is 11.7 Å². The van der Waals surface area contributed by atoms with Gasteiger partial charge in [0.05, 0.1) is 26.0 Å². The van der Waals surface area contributed by atoms with E-state index in [2.05, 4.69) is 17.3 Å². The molecule has 1 saturated heterocycles. The van der Waals surface area contributed by atoms with E-state index in [1.807, 2.05) is 0 Å². The first-order valence-corrected chi connectivity index (χ1v) is 12.9. The highest BCUT2D eigenvalue weighted by Crippen LogP contribution is 2.45. The molecule has 4 atom stereocenters. The second kappa shape index (κ2) is 11.6. The first-order chi connectivity index (χ1) is 18.6. The van der Waals surface area contributed by atoms with E-state index >= 15 is 0 Å². The molecule has 0 spiro atoms. The fourth-order valence-corrected chi connectivity index (χ4v) is 5.56. The Morgan fingerprint density at radius 2 is 1.80 bits per heavy atom. The third-order valence-corrected chi connectivity index (χ3v) is 7.38. The van der Waals surface area contributed by atoms with Crippen LogP contribution in [-0.4, -0.2) is 60.1 Å². The molecule has 2 aliphatic rings. The Labute approximate surface area is 237 Å². The number of ether oxygens (including phenoxy) is 2. The molecule has 216 valence electrons. The number of hydrogen-bond acceptors (Lipinski definition) is 6. The van der Waals surface area contributed by atoms with E-state index in [9.17, 15) is 18.0 Å². The molecule has 5 rings (SSSR count). The van der Waals surface area contributed by atoms with Crippen molar-refractivity contribution in [1.82, 2.24) is 14.7 Å². The van der Waals surface area contributed by atoms with Crippen LogP contribution in [0.5, 0.6) is 11.5 Å². The van der Waals surface area contributed by atoms with Gasteiger partial charge in [0.15, 0.2) is 17.5 Å². The molecule has 0 saturated carbocycles. The van der Waals surface area contributed by atoms with Gasteiger partial charge in [-0.1, -0.05) is 25.1 Å². The Kier molecular flexibility index (Phi) is 8.55. The molecule has 1 amide bonds. The van der Waals surface area contributed by atoms with Gasteiger partial charge in [0.2, 0.25) is 0 Å². The lowest BCUT2D eigenvalue weighted by Crippen LogP contribution is -2.48. The first-order valence-electron chi connectivity index (χ1n) is 12.9. The number of likely N-dealkylation sites (tertiary alicyclic amines) is 1. The number of anilines is 1. The largest absolute Gasteiger partial charge is 0.493 e. The summed E-state index contributed by atoms with van der Waals surface area (Å²) in [5.41, 5.74) is 8.11. The second-order valence-corrected chi connectivity index (χ2v) is 10.4. The summed E-state index contributed by atoms with van der Waals surface area (Å²) >= 11 is 0. The van der Waals surface area contributed by atoms with Crippen molar-refractivity contribution in [3.05, 3.63) is 59.7 Å². The molecule has 1 fully saturated rings. The monoisotopic (exact) mass is 579 g/mol. The summed E-state index contributed by atoms with van der Waals surface area (Å²) in [7, 11) is 2.98. The number of nitrogens with two attached hydrogens (primary N) is 1. The van der Waals surface area contributed by atoms with Crippen molar-refractivity contribution in [2.75, 3.05) is 32.6 Å². The zero-order chi connectivity index (χ0) is 27.9. The van der Waals surface area contributed by atoms with Gasteiger partial charge in [-0.3, -0.25) is 4.79 Å². The Hall–Kier alpha value is -3.44. The maximum absolute atomic E-state index is 14.2. The molecule has 3 heterocycles. The molecule has 1 aromatic heterocycles. The van der Waals surface area contributed by atoms with Gasteiger partial charge in [-0.15, -0.1) is 12.4 Å². The number of methoxy groups -OCH3 is 2. The molecule has 3 aromatic rings. The maximum Gasteiger partial charge on any atom is 0.410 e. The molecule has 2 aliphatic heterocycles. The van der Waals surface area contributed by atoms with E-state index in [4.69, 9.17) is 15.2 Å². The number of amides is 1. The van der Waals surface area contributed by atoms with Crippen molar-refractivity contribution >= 4 is 24.1 Å². The number of benzene rings is 2. The number of carbonyl (C=O) groups excluding carboxylic acids is 1. The van der Waals surface area contributed by atoms with Crippen LogP contribution >= 0.6 is 12.4 Å². The minimum atomic E-state index is -4.52. The van der Waals surface area contributed by atoms with Crippen molar-refractivity contribution in [3.8, 4) is 22.8 Å². The fraction of sp³-hybridized carbons (Fsp3) is 0.429. The number of aromatic nitrogens is 2. The summed E-state index contributed by atoms with van der Waals surface area (Å²) in [4.78, 5) is 15.0. The van der Waals surface area contributed by atoms with Gasteiger partial charge in [-0.25, -0.2) is 4.68 Å². The van der Waals surface area contributed by atoms with Gasteiger partial charge in [-0.2, -0.15) is 18.3 Å². The number of piperidine rings is 1. The van der Waals surface area contributed by atoms with E-state index in [0.29, 0.717) is 52.9 Å². The van der Waals surface area contributed by atoms with Crippen molar-refractivity contribution in [3.63, 3.8) is 0 Å². The predicted octanol–water partition coefficient (Wildman–Crippen LogP) is 5.46. The number of fused-ring (bicyclic) bond motifs is 1. The third-order valence-electron chi connectivity index (χ3n) is 7.38. The number of hydrogen-bond donors (Lipinski definition) is 2. The average molecular weight is 580 g/mol. The summed E-state index contributed by atoms with van der Waals surface area (Å²) in [6.45, 7) is 3.15. The summed E-state index contributed by atoms with van der Waals surface area (Å²) < 4.78 is 54.3. The van der Waals surface area contributed by atoms with E-state index in [0.717, 1.165) is 11.1 Å². The number of nitrogens with zero attached hydrogens (tertiary/aromatic N) is 3. The molecular weight excluding hydrogens is 547 g/mol. The average Bonchev–Trinajstić information content (AvgIpc) is 3.35. The number of rotatable bonds is 5. The van der Waals surface area contributed by atoms with Gasteiger partial charge in [0.1, 0.15) is 5.82 Å². The molecule has 12 heteroatoms. The Morgan fingerprint density at radius 3 is 2.48 bits per heavy atom. The zero-order valence-electron chi connectivity index (χ0n) is 22.4. The van der Waals surface area contributed by atoms with Crippen molar-refractivity contribution in [2.45, 2.75) is 44.1 Å². The topological polar surface area (TPSA) is 94.6 Å². The van der Waals surface area contributed by atoms with E-state index in [1.54, 1.807) is 53.4 Å². The van der Waals surface area contributed by atoms with Gasteiger partial charge >= 0.3 is 6.18 Å². The molecule has 40 heavy (non-hydrogen) atoms. The lowest BCUT2D eigenvalue weighted by molar-refractivity contribution is -0.173. The van der Waals surface area contributed by atoms with Crippen LogP contribution in [0, 0.1) is 5.92 Å². The predicted molar refractivity (Wildman–Crippen MR) is 148 cm³/mol. The molecule has 2 unspecified atom stereocenters. The van der Waals surface area contributed by atoms with E-state index in [-0.39, 0.29) is 36.6 Å². The molecule has 8 nitrogen and oxygen atoms in total. The molecule has 0 bridgehead atoms. The molecule has 3 N–H and O–H groups in total. The van der Waals surface area contributed by atoms with Crippen LogP contribution in [0.3, 0.4) is 0 Å². The van der Waals surface area contributed by atoms with E-state index < -0.39 is 18.3 Å². The fourth-order valence-electron chi connectivity index (χ4n) is 5.56. The van der Waals surface area contributed by atoms with Crippen molar-refractivity contribution < 1.29 is 27.4 Å². The highest BCUT2D eigenvalue weighted by Gasteiger charge is 2.46. The van der Waals surface area contributed by atoms with Crippen molar-refractivity contribution in [1.29, 1.82) is 0 Å². The summed E-state index contributed by atoms with van der Waals surface area (Å²) in [6.07, 6.45) is -3.91. The van der Waals surface area contributed by atoms with Gasteiger partial charge in [0, 0.05) is 42.7 Å². The molecule has 0 radical (unpaired) electrons. The summed E-state index contributed by atoms with van der Waals surface area (Å²) in [5.74, 6) is 1.32. The number of nitrogens with one attached hydrogen (secondary N) is 1. The maximum atomic E-state index is 14.2. The summed E-state index contributed by atoms with van der Waals surface area (Å²) in [6, 6.07) is 11.0. The quantitative estimate of drug-likeness (QED) is 0.417. The Morgan fingerprint density at radius 1 is 1.05 bits per heavy atom. The van der Waals surface area contributed by atoms with Crippen LogP contribution in [0.1, 0.15) is 47.8 Å². The molecule has 2 aromatic carbocycles. The second-order valence-electron chi connectivity index (χ2n) is 10.4. The van der Waals surface area contributed by atoms with Crippen LogP contribution in [0.4, 0.5) is 19.0 Å². The Bertz CT molecular complexity index is 1360. The lowest BCUT2D eigenvalue weighted by Gasteiger charge is -2.34. The highest BCUT2D eigenvalue weighted by atomic mass is 35.5. The smallest absolute Gasteiger partial charge is 0.410 e. The van der Waals surface area contributed by atoms with Crippen LogP contribution in [0.25, 0.3) is 11.3 Å². The van der Waals surface area contributed by atoms with Gasteiger partial charge in [-0.05, 0) is 42.2 Å². The van der Waals surface area contributed by atoms with E-state index in [1.165, 1.54) is 14.2 Å². The first kappa shape index (κ1) is 29.5. The highest BCUT2D eigenvalue weighted by molar-refractivity contribution is 5.95. The number of alkyl halides is 3. The van der Waals surface area contributed by atoms with Gasteiger partial charge < -0.3 is 25.4 Å². The Balaban J connectivity index is 0.00000370. The normalized spacial score (nSPS) is 22.5. The third kappa shape index (κ3) is 5.85. The van der Waals surface area contributed by atoms with Crippen LogP contribution < -0.4 is 20.5 Å². The minimum Gasteiger partial charge on any atom is -0.493 e. The molecular formula is C28H33ClF3N5O3. The van der Waals surface area contributed by atoms with Crippen LogP contribution in [0.2, 0.25) is 0 Å². The SMILES string of the molecule is COc1ccc(C2CC(C(F)(F)F)n3nc(-c4cccc(C(=O)N5C[C@@H](C)C[C@@H](N)C5)c4)cc3N2)cc1OC.Cl. The standard InChI is InChI=1S/C28H32F3N5O3.ClH/c1-16-9-20(32)15-35(14-16)27(37)19-6-4-5-17(10-19)22-13-26-33-21(12-25(28(29,30)31)36(26)34-22)18-7-8-23(38-2)24(11-18)39-3;/h4-8,10-11,13,16,20-21,25,33H,9,12,14-15,32H2,1-3H3;1H/t16-,20+,21?,25?;/m0./s1. The van der Waals surface area contributed by atoms with Crippen LogP contribution in [0.15, 0.2) is 48.5 Å². The number of carbonyl (C=O) groups is 1. The van der Waals surface area contributed by atoms with Crippen LogP contribution in [-0.2, 0) is 0 Å². The molecule has 0 aliphatic carbocycles. The minimum absolute atomic E-state index is 0. The lowest BCUT2D eigenvalue weighted by atomic mass is 9.95.